The van der Waals surface area contributed by atoms with Gasteiger partial charge in [-0.15, -0.1) is 0 Å². The van der Waals surface area contributed by atoms with Gasteiger partial charge in [0, 0.05) is 38.9 Å². The first-order valence-electron chi connectivity index (χ1n) is 5.04. The fraction of sp³-hybridized carbons (Fsp3) is 0.0769. The maximum absolute atomic E-state index is 6.18. The molecule has 0 fully saturated rings. The van der Waals surface area contributed by atoms with Gasteiger partial charge in [0.05, 0.1) is 0 Å². The van der Waals surface area contributed by atoms with Gasteiger partial charge < -0.3 is 5.32 Å². The molecule has 0 radical (unpaired) electrons. The summed E-state index contributed by atoms with van der Waals surface area (Å²) in [4.78, 5) is 0. The van der Waals surface area contributed by atoms with E-state index in [0.717, 1.165) is 16.8 Å². The topological polar surface area (TPSA) is 12.0 Å². The highest BCUT2D eigenvalue weighted by Gasteiger charge is 2.09. The molecule has 0 saturated carbocycles. The summed E-state index contributed by atoms with van der Waals surface area (Å²) >= 11 is 18.3. The number of benzene rings is 2. The second-order valence-electron chi connectivity index (χ2n) is 3.57. The van der Waals surface area contributed by atoms with Crippen molar-refractivity contribution in [2.75, 3.05) is 12.4 Å². The van der Waals surface area contributed by atoms with Crippen LogP contribution in [0.2, 0.25) is 15.1 Å². The van der Waals surface area contributed by atoms with Gasteiger partial charge in [-0.1, -0.05) is 34.8 Å². The third-order valence-electron chi connectivity index (χ3n) is 2.47. The molecule has 0 aliphatic carbocycles. The zero-order chi connectivity index (χ0) is 12.4. The third kappa shape index (κ3) is 2.68. The molecule has 2 aromatic carbocycles. The Labute approximate surface area is 115 Å². The number of hydrogen-bond donors (Lipinski definition) is 1. The van der Waals surface area contributed by atoms with E-state index in [-0.39, 0.29) is 0 Å². The Morgan fingerprint density at radius 3 is 2.06 bits per heavy atom. The minimum absolute atomic E-state index is 0.629. The van der Waals surface area contributed by atoms with Crippen LogP contribution in [0.15, 0.2) is 36.4 Å². The molecule has 0 spiro atoms. The Morgan fingerprint density at radius 2 is 1.41 bits per heavy atom. The van der Waals surface area contributed by atoms with Crippen LogP contribution in [0, 0.1) is 0 Å². The highest BCUT2D eigenvalue weighted by atomic mass is 35.5. The summed E-state index contributed by atoms with van der Waals surface area (Å²) in [6.45, 7) is 0. The lowest BCUT2D eigenvalue weighted by Crippen LogP contribution is -1.89. The van der Waals surface area contributed by atoms with Crippen LogP contribution in [0.25, 0.3) is 11.1 Å². The molecule has 0 atom stereocenters. The fourth-order valence-corrected chi connectivity index (χ4v) is 2.20. The van der Waals surface area contributed by atoms with Gasteiger partial charge >= 0.3 is 0 Å². The van der Waals surface area contributed by atoms with E-state index >= 15 is 0 Å². The van der Waals surface area contributed by atoms with Gasteiger partial charge in [-0.25, -0.2) is 0 Å². The Kier molecular flexibility index (Phi) is 3.82. The maximum Gasteiger partial charge on any atom is 0.0486 e. The lowest BCUT2D eigenvalue weighted by Gasteiger charge is -2.09. The first-order chi connectivity index (χ1) is 8.11. The molecule has 0 aliphatic rings. The normalized spacial score (nSPS) is 10.4. The Hall–Kier alpha value is -0.890. The van der Waals surface area contributed by atoms with Crippen molar-refractivity contribution in [1.82, 2.24) is 0 Å². The Bertz CT molecular complexity index is 552. The summed E-state index contributed by atoms with van der Waals surface area (Å²) in [6.07, 6.45) is 0. The van der Waals surface area contributed by atoms with E-state index in [1.165, 1.54) is 0 Å². The highest BCUT2D eigenvalue weighted by Crippen LogP contribution is 2.36. The molecule has 1 N–H and O–H groups in total. The van der Waals surface area contributed by atoms with E-state index in [4.69, 9.17) is 34.8 Å². The summed E-state index contributed by atoms with van der Waals surface area (Å²) in [5, 5.41) is 4.97. The number of rotatable bonds is 2. The minimum atomic E-state index is 0.629. The van der Waals surface area contributed by atoms with Crippen molar-refractivity contribution in [1.29, 1.82) is 0 Å². The first kappa shape index (κ1) is 12.6. The van der Waals surface area contributed by atoms with Crippen molar-refractivity contribution in [2.24, 2.45) is 0 Å². The van der Waals surface area contributed by atoms with Crippen LogP contribution in [-0.4, -0.2) is 7.05 Å². The van der Waals surface area contributed by atoms with Crippen LogP contribution in [0.4, 0.5) is 5.69 Å². The first-order valence-corrected chi connectivity index (χ1v) is 6.18. The smallest absolute Gasteiger partial charge is 0.0486 e. The van der Waals surface area contributed by atoms with Crippen molar-refractivity contribution in [3.05, 3.63) is 51.5 Å². The maximum atomic E-state index is 6.18. The number of hydrogen-bond acceptors (Lipinski definition) is 1. The Balaban J connectivity index is 2.62. The summed E-state index contributed by atoms with van der Waals surface area (Å²) in [6, 6.07) is 11.0. The fourth-order valence-electron chi connectivity index (χ4n) is 1.59. The van der Waals surface area contributed by atoms with E-state index in [1.807, 2.05) is 31.3 Å². The van der Waals surface area contributed by atoms with E-state index in [0.29, 0.717) is 15.1 Å². The molecule has 0 saturated heterocycles. The standard InChI is InChI=1S/C13H10Cl3N/c1-17-9-3-5-13(16)11(7-9)10-6-8(14)2-4-12(10)15/h2-7,17H,1H3. The molecular formula is C13H10Cl3N. The van der Waals surface area contributed by atoms with Gasteiger partial charge in [0.15, 0.2) is 0 Å². The van der Waals surface area contributed by atoms with Crippen molar-refractivity contribution < 1.29 is 0 Å². The molecule has 0 aromatic heterocycles. The van der Waals surface area contributed by atoms with E-state index < -0.39 is 0 Å². The summed E-state index contributed by atoms with van der Waals surface area (Å²) in [5.41, 5.74) is 2.67. The van der Waals surface area contributed by atoms with Crippen LogP contribution >= 0.6 is 34.8 Å². The molecule has 2 aromatic rings. The third-order valence-corrected chi connectivity index (χ3v) is 3.37. The SMILES string of the molecule is CNc1ccc(Cl)c(-c2cc(Cl)ccc2Cl)c1. The molecule has 0 aliphatic heterocycles. The number of nitrogens with one attached hydrogen (secondary N) is 1. The molecule has 4 heteroatoms. The number of anilines is 1. The van der Waals surface area contributed by atoms with E-state index in [2.05, 4.69) is 5.32 Å². The van der Waals surface area contributed by atoms with Gasteiger partial charge in [0.2, 0.25) is 0 Å². The van der Waals surface area contributed by atoms with E-state index in [9.17, 15) is 0 Å². The van der Waals surface area contributed by atoms with Crippen LogP contribution in [-0.2, 0) is 0 Å². The molecule has 0 heterocycles. The molecular weight excluding hydrogens is 277 g/mol. The zero-order valence-corrected chi connectivity index (χ0v) is 11.4. The van der Waals surface area contributed by atoms with Crippen molar-refractivity contribution in [2.45, 2.75) is 0 Å². The molecule has 0 bridgehead atoms. The highest BCUT2D eigenvalue weighted by molar-refractivity contribution is 6.37. The average molecular weight is 287 g/mol. The molecule has 1 nitrogen and oxygen atoms in total. The van der Waals surface area contributed by atoms with Gasteiger partial charge in [0.1, 0.15) is 0 Å². The minimum Gasteiger partial charge on any atom is -0.388 e. The lowest BCUT2D eigenvalue weighted by atomic mass is 10.0. The van der Waals surface area contributed by atoms with Crippen LogP contribution in [0.1, 0.15) is 0 Å². The second kappa shape index (κ2) is 5.18. The second-order valence-corrected chi connectivity index (χ2v) is 4.82. The molecule has 0 unspecified atom stereocenters. The molecule has 2 rings (SSSR count). The summed E-state index contributed by atoms with van der Waals surface area (Å²) in [5.74, 6) is 0. The van der Waals surface area contributed by atoms with Crippen molar-refractivity contribution in [3.63, 3.8) is 0 Å². The molecule has 17 heavy (non-hydrogen) atoms. The van der Waals surface area contributed by atoms with Gasteiger partial charge in [-0.3, -0.25) is 0 Å². The molecule has 88 valence electrons. The lowest BCUT2D eigenvalue weighted by molar-refractivity contribution is 1.51. The number of halogens is 3. The van der Waals surface area contributed by atoms with Crippen LogP contribution in [0.5, 0.6) is 0 Å². The van der Waals surface area contributed by atoms with E-state index in [1.54, 1.807) is 12.1 Å². The van der Waals surface area contributed by atoms with Crippen molar-refractivity contribution in [3.8, 4) is 11.1 Å². The van der Waals surface area contributed by atoms with Crippen LogP contribution < -0.4 is 5.32 Å². The monoisotopic (exact) mass is 285 g/mol. The quantitative estimate of drug-likeness (QED) is 0.784. The predicted molar refractivity (Wildman–Crippen MR) is 76.5 cm³/mol. The average Bonchev–Trinajstić information content (AvgIpc) is 2.33. The summed E-state index contributed by atoms with van der Waals surface area (Å²) in [7, 11) is 1.85. The van der Waals surface area contributed by atoms with Crippen molar-refractivity contribution >= 4 is 40.5 Å². The van der Waals surface area contributed by atoms with Crippen LogP contribution in [0.3, 0.4) is 0 Å². The van der Waals surface area contributed by atoms with Gasteiger partial charge in [-0.05, 0) is 36.4 Å². The predicted octanol–water partition coefficient (Wildman–Crippen LogP) is 5.36. The van der Waals surface area contributed by atoms with Gasteiger partial charge in [-0.2, -0.15) is 0 Å². The van der Waals surface area contributed by atoms with Gasteiger partial charge in [0.25, 0.3) is 0 Å². The molecule has 0 amide bonds. The summed E-state index contributed by atoms with van der Waals surface area (Å²) < 4.78 is 0. The Morgan fingerprint density at radius 1 is 0.824 bits per heavy atom. The largest absolute Gasteiger partial charge is 0.388 e. The zero-order valence-electron chi connectivity index (χ0n) is 9.10.